The van der Waals surface area contributed by atoms with E-state index >= 15 is 0 Å². The molecule has 1 aromatic rings. The van der Waals surface area contributed by atoms with E-state index in [2.05, 4.69) is 38.5 Å². The van der Waals surface area contributed by atoms with Crippen LogP contribution in [0, 0.1) is 5.92 Å². The second-order valence-electron chi connectivity index (χ2n) is 7.39. The largest absolute Gasteiger partial charge is 0.480 e. The molecule has 1 aromatic heterocycles. The number of aromatic nitrogens is 2. The van der Waals surface area contributed by atoms with Crippen molar-refractivity contribution in [2.24, 2.45) is 11.7 Å². The lowest BCUT2D eigenvalue weighted by molar-refractivity contribution is -0.142. The molecule has 3 amide bonds. The third-order valence-electron chi connectivity index (χ3n) is 4.22. The Morgan fingerprint density at radius 3 is 2.23 bits per heavy atom. The number of H-pyrrole nitrogens is 1. The number of imidazole rings is 1. The predicted octanol–water partition coefficient (Wildman–Crippen LogP) is -1.19. The summed E-state index contributed by atoms with van der Waals surface area (Å²) in [4.78, 5) is 55.3. The highest BCUT2D eigenvalue weighted by molar-refractivity contribution is 7.80. The first-order valence-electron chi connectivity index (χ1n) is 9.52. The van der Waals surface area contributed by atoms with Crippen molar-refractivity contribution in [2.45, 2.75) is 57.8 Å². The van der Waals surface area contributed by atoms with Crippen molar-refractivity contribution in [3.05, 3.63) is 18.2 Å². The Bertz CT molecular complexity index is 727. The molecule has 0 aliphatic rings. The van der Waals surface area contributed by atoms with Crippen LogP contribution in [-0.4, -0.2) is 68.7 Å². The van der Waals surface area contributed by atoms with Crippen LogP contribution in [0.4, 0.5) is 0 Å². The smallest absolute Gasteiger partial charge is 0.326 e. The Balaban J connectivity index is 2.89. The Morgan fingerprint density at radius 2 is 1.73 bits per heavy atom. The number of aliphatic carboxylic acids is 1. The zero-order chi connectivity index (χ0) is 22.8. The van der Waals surface area contributed by atoms with Crippen LogP contribution in [0.1, 0.15) is 32.9 Å². The molecular weight excluding hydrogens is 412 g/mol. The zero-order valence-corrected chi connectivity index (χ0v) is 18.1. The summed E-state index contributed by atoms with van der Waals surface area (Å²) in [5.41, 5.74) is 6.15. The first-order valence-corrected chi connectivity index (χ1v) is 10.2. The second-order valence-corrected chi connectivity index (χ2v) is 7.76. The van der Waals surface area contributed by atoms with Crippen molar-refractivity contribution in [3.63, 3.8) is 0 Å². The van der Waals surface area contributed by atoms with Crippen molar-refractivity contribution < 1.29 is 24.3 Å². The highest BCUT2D eigenvalue weighted by atomic mass is 32.1. The van der Waals surface area contributed by atoms with Gasteiger partial charge in [-0.15, -0.1) is 0 Å². The zero-order valence-electron chi connectivity index (χ0n) is 17.2. The molecule has 7 N–H and O–H groups in total. The fourth-order valence-corrected chi connectivity index (χ4v) is 2.72. The van der Waals surface area contributed by atoms with Gasteiger partial charge < -0.3 is 31.8 Å². The number of nitrogens with one attached hydrogen (secondary N) is 4. The molecule has 0 aliphatic carbocycles. The van der Waals surface area contributed by atoms with Gasteiger partial charge in [-0.05, 0) is 19.3 Å². The maximum atomic E-state index is 12.8. The highest BCUT2D eigenvalue weighted by Gasteiger charge is 2.29. The topological polar surface area (TPSA) is 179 Å². The van der Waals surface area contributed by atoms with Crippen molar-refractivity contribution in [1.29, 1.82) is 0 Å². The van der Waals surface area contributed by atoms with E-state index in [1.54, 1.807) is 0 Å². The molecule has 30 heavy (non-hydrogen) atoms. The maximum absolute atomic E-state index is 12.8. The summed E-state index contributed by atoms with van der Waals surface area (Å²) >= 11 is 3.94. The molecule has 1 rings (SSSR count). The Kier molecular flexibility index (Phi) is 10.3. The number of thiol groups is 1. The summed E-state index contributed by atoms with van der Waals surface area (Å²) in [6, 6.07) is -4.01. The molecule has 0 bridgehead atoms. The monoisotopic (exact) mass is 442 g/mol. The summed E-state index contributed by atoms with van der Waals surface area (Å²) in [6.07, 6.45) is 3.21. The van der Waals surface area contributed by atoms with Gasteiger partial charge in [0.2, 0.25) is 17.7 Å². The first kappa shape index (κ1) is 25.4. The molecule has 4 unspecified atom stereocenters. The summed E-state index contributed by atoms with van der Waals surface area (Å²) in [5, 5.41) is 16.8. The average molecular weight is 443 g/mol. The van der Waals surface area contributed by atoms with Crippen LogP contribution in [0.3, 0.4) is 0 Å². The van der Waals surface area contributed by atoms with Crippen LogP contribution >= 0.6 is 12.6 Å². The van der Waals surface area contributed by atoms with Crippen LogP contribution in [-0.2, 0) is 25.6 Å². The number of hydrogen-bond donors (Lipinski definition) is 7. The van der Waals surface area contributed by atoms with Crippen molar-refractivity contribution in [2.75, 3.05) is 5.75 Å². The van der Waals surface area contributed by atoms with Crippen molar-refractivity contribution in [3.8, 4) is 0 Å². The standard InChI is InChI=1S/C18H30N6O5S/c1-9(2)4-14(18(28)29)24-17(27)13(5-11-6-20-8-21-11)23-15(25)10(3)22-16(26)12(19)7-30/h6,8-10,12-14,30H,4-5,7,19H2,1-3H3,(H,20,21)(H,22,26)(H,23,25)(H,24,27)(H,28,29). The number of carboxylic acids is 1. The van der Waals surface area contributed by atoms with E-state index < -0.39 is 47.9 Å². The van der Waals surface area contributed by atoms with E-state index in [1.807, 2.05) is 13.8 Å². The van der Waals surface area contributed by atoms with Gasteiger partial charge in [-0.25, -0.2) is 9.78 Å². The fourth-order valence-electron chi connectivity index (χ4n) is 2.56. The van der Waals surface area contributed by atoms with Gasteiger partial charge in [0.05, 0.1) is 12.4 Å². The van der Waals surface area contributed by atoms with E-state index in [-0.39, 0.29) is 24.5 Å². The second kappa shape index (κ2) is 12.2. The number of aromatic amines is 1. The summed E-state index contributed by atoms with van der Waals surface area (Å²) in [7, 11) is 0. The number of amides is 3. The number of rotatable bonds is 12. The molecular formula is C18H30N6O5S. The molecule has 0 saturated heterocycles. The van der Waals surface area contributed by atoms with E-state index in [0.717, 1.165) is 0 Å². The lowest BCUT2D eigenvalue weighted by Crippen LogP contribution is -2.57. The lowest BCUT2D eigenvalue weighted by atomic mass is 10.0. The maximum Gasteiger partial charge on any atom is 0.326 e. The minimum absolute atomic E-state index is 0.0401. The van der Waals surface area contributed by atoms with E-state index in [4.69, 9.17) is 5.73 Å². The average Bonchev–Trinajstić information content (AvgIpc) is 3.18. The van der Waals surface area contributed by atoms with Gasteiger partial charge in [0.15, 0.2) is 0 Å². The van der Waals surface area contributed by atoms with Crippen LogP contribution in [0.25, 0.3) is 0 Å². The molecule has 11 nitrogen and oxygen atoms in total. The number of carboxylic acid groups (broad SMARTS) is 1. The molecule has 168 valence electrons. The SMILES string of the molecule is CC(C)CC(NC(=O)C(Cc1cnc[nH]1)NC(=O)C(C)NC(=O)C(N)CS)C(=O)O. The summed E-state index contributed by atoms with van der Waals surface area (Å²) < 4.78 is 0. The lowest BCUT2D eigenvalue weighted by Gasteiger charge is -2.24. The number of nitrogens with two attached hydrogens (primary N) is 1. The molecule has 0 aromatic carbocycles. The number of hydrogen-bond acceptors (Lipinski definition) is 7. The molecule has 0 radical (unpaired) electrons. The summed E-state index contributed by atoms with van der Waals surface area (Å²) in [6.45, 7) is 5.13. The van der Waals surface area contributed by atoms with E-state index in [9.17, 15) is 24.3 Å². The fraction of sp³-hybridized carbons (Fsp3) is 0.611. The van der Waals surface area contributed by atoms with Crippen LogP contribution in [0.5, 0.6) is 0 Å². The van der Waals surface area contributed by atoms with Gasteiger partial charge in [0.1, 0.15) is 18.1 Å². The molecule has 12 heteroatoms. The number of nitrogens with zero attached hydrogens (tertiary/aromatic N) is 1. The molecule has 0 saturated carbocycles. The van der Waals surface area contributed by atoms with Crippen molar-refractivity contribution >= 4 is 36.3 Å². The van der Waals surface area contributed by atoms with Gasteiger partial charge in [0.25, 0.3) is 0 Å². The van der Waals surface area contributed by atoms with Gasteiger partial charge in [0, 0.05) is 24.1 Å². The summed E-state index contributed by atoms with van der Waals surface area (Å²) in [5.74, 6) is -2.84. The highest BCUT2D eigenvalue weighted by Crippen LogP contribution is 2.07. The normalized spacial score (nSPS) is 15.0. The first-order chi connectivity index (χ1) is 14.0. The minimum atomic E-state index is -1.16. The minimum Gasteiger partial charge on any atom is -0.480 e. The van der Waals surface area contributed by atoms with Gasteiger partial charge in [-0.3, -0.25) is 14.4 Å². The third kappa shape index (κ3) is 8.41. The number of carbonyl (C=O) groups is 4. The Labute approximate surface area is 180 Å². The van der Waals surface area contributed by atoms with Crippen LogP contribution in [0.15, 0.2) is 12.5 Å². The molecule has 4 atom stereocenters. The molecule has 0 aliphatic heterocycles. The van der Waals surface area contributed by atoms with Crippen LogP contribution in [0.2, 0.25) is 0 Å². The third-order valence-corrected chi connectivity index (χ3v) is 4.61. The Morgan fingerprint density at radius 1 is 1.10 bits per heavy atom. The molecule has 0 fully saturated rings. The Hall–Kier alpha value is -2.60. The quantitative estimate of drug-likeness (QED) is 0.199. The van der Waals surface area contributed by atoms with Crippen molar-refractivity contribution in [1.82, 2.24) is 25.9 Å². The predicted molar refractivity (Wildman–Crippen MR) is 113 cm³/mol. The molecule has 0 spiro atoms. The van der Waals surface area contributed by atoms with Gasteiger partial charge >= 0.3 is 5.97 Å². The van der Waals surface area contributed by atoms with Gasteiger partial charge in [-0.2, -0.15) is 12.6 Å². The molecule has 1 heterocycles. The van der Waals surface area contributed by atoms with E-state index in [0.29, 0.717) is 5.69 Å². The number of carbonyl (C=O) groups excluding carboxylic acids is 3. The van der Waals surface area contributed by atoms with Crippen LogP contribution < -0.4 is 21.7 Å². The van der Waals surface area contributed by atoms with Gasteiger partial charge in [-0.1, -0.05) is 13.8 Å². The van der Waals surface area contributed by atoms with E-state index in [1.165, 1.54) is 19.4 Å².